The highest BCUT2D eigenvalue weighted by molar-refractivity contribution is 6.36. The van der Waals surface area contributed by atoms with E-state index in [-0.39, 0.29) is 5.92 Å². The summed E-state index contributed by atoms with van der Waals surface area (Å²) in [5.41, 5.74) is 6.02. The third-order valence-corrected chi connectivity index (χ3v) is 6.60. The van der Waals surface area contributed by atoms with Gasteiger partial charge >= 0.3 is 0 Å². The average Bonchev–Trinajstić information content (AvgIpc) is 3.19. The highest BCUT2D eigenvalue weighted by atomic mass is 35.5. The fraction of sp³-hybridized carbons (Fsp3) is 0.222. The molecule has 0 amide bonds. The van der Waals surface area contributed by atoms with E-state index in [2.05, 4.69) is 33.9 Å². The highest BCUT2D eigenvalue weighted by Crippen LogP contribution is 2.36. The molecular weight excluding hydrogens is 446 g/mol. The van der Waals surface area contributed by atoms with Crippen LogP contribution in [0.4, 0.5) is 5.69 Å². The standard InChI is InChI=1S/C27H28ClN5O/c1-17(25-16-31-18(2)33(25)3)20-8-11-24-22(15-20)26(28)23(27(32-24)34-4)14-19-6-9-21(10-7-19)30-13-5-12-29/h5-13,15-17,29-30H,14H2,1-4H3/b13-5-,29-12?. The monoisotopic (exact) mass is 473 g/mol. The van der Waals surface area contributed by atoms with Crippen molar-refractivity contribution in [1.29, 1.82) is 5.41 Å². The van der Waals surface area contributed by atoms with Crippen LogP contribution >= 0.6 is 11.6 Å². The zero-order valence-corrected chi connectivity index (χ0v) is 20.5. The second-order valence-electron chi connectivity index (χ2n) is 8.25. The van der Waals surface area contributed by atoms with E-state index in [1.807, 2.05) is 50.5 Å². The molecule has 0 aliphatic rings. The van der Waals surface area contributed by atoms with Crippen molar-refractivity contribution < 1.29 is 4.74 Å². The lowest BCUT2D eigenvalue weighted by Crippen LogP contribution is -2.05. The number of fused-ring (bicyclic) bond motifs is 1. The molecule has 7 heteroatoms. The number of aromatic nitrogens is 3. The van der Waals surface area contributed by atoms with E-state index in [0.29, 0.717) is 17.3 Å². The van der Waals surface area contributed by atoms with Crippen LogP contribution in [-0.4, -0.2) is 27.9 Å². The summed E-state index contributed by atoms with van der Waals surface area (Å²) >= 11 is 6.97. The molecule has 0 saturated carbocycles. The number of ether oxygens (including phenoxy) is 1. The second-order valence-corrected chi connectivity index (χ2v) is 8.62. The summed E-state index contributed by atoms with van der Waals surface area (Å²) in [7, 11) is 3.66. The van der Waals surface area contributed by atoms with E-state index in [1.54, 1.807) is 19.4 Å². The van der Waals surface area contributed by atoms with Gasteiger partial charge in [0.05, 0.1) is 17.6 Å². The Kier molecular flexibility index (Phi) is 6.98. The minimum Gasteiger partial charge on any atom is -0.481 e. The van der Waals surface area contributed by atoms with Gasteiger partial charge in [-0.1, -0.05) is 36.7 Å². The average molecular weight is 474 g/mol. The van der Waals surface area contributed by atoms with E-state index in [1.165, 1.54) is 6.21 Å². The summed E-state index contributed by atoms with van der Waals surface area (Å²) in [6.45, 7) is 4.18. The first-order valence-corrected chi connectivity index (χ1v) is 11.5. The maximum atomic E-state index is 7.05. The molecule has 34 heavy (non-hydrogen) atoms. The molecule has 0 spiro atoms. The second kappa shape index (κ2) is 10.1. The van der Waals surface area contributed by atoms with Gasteiger partial charge in [0.2, 0.25) is 5.88 Å². The van der Waals surface area contributed by atoms with E-state index >= 15 is 0 Å². The lowest BCUT2D eigenvalue weighted by Gasteiger charge is -2.16. The van der Waals surface area contributed by atoms with Crippen molar-refractivity contribution >= 4 is 34.4 Å². The summed E-state index contributed by atoms with van der Waals surface area (Å²) in [5.74, 6) is 1.69. The minimum absolute atomic E-state index is 0.166. The first-order valence-electron chi connectivity index (χ1n) is 11.1. The van der Waals surface area contributed by atoms with Crippen LogP contribution < -0.4 is 10.1 Å². The van der Waals surface area contributed by atoms with Crippen LogP contribution in [0.5, 0.6) is 5.88 Å². The van der Waals surface area contributed by atoms with Crippen molar-refractivity contribution in [2.75, 3.05) is 12.4 Å². The largest absolute Gasteiger partial charge is 0.481 e. The van der Waals surface area contributed by atoms with Crippen LogP contribution in [0, 0.1) is 12.3 Å². The van der Waals surface area contributed by atoms with Gasteiger partial charge in [-0.2, -0.15) is 0 Å². The van der Waals surface area contributed by atoms with Crippen LogP contribution in [0.2, 0.25) is 5.02 Å². The third kappa shape index (κ3) is 4.68. The first kappa shape index (κ1) is 23.5. The lowest BCUT2D eigenvalue weighted by atomic mass is 9.95. The Morgan fingerprint density at radius 1 is 1.21 bits per heavy atom. The fourth-order valence-electron chi connectivity index (χ4n) is 4.06. The minimum atomic E-state index is 0.166. The van der Waals surface area contributed by atoms with Gasteiger partial charge < -0.3 is 20.0 Å². The van der Waals surface area contributed by atoms with E-state index in [9.17, 15) is 0 Å². The van der Waals surface area contributed by atoms with Crippen molar-refractivity contribution in [2.45, 2.75) is 26.2 Å². The van der Waals surface area contributed by atoms with Crippen molar-refractivity contribution in [3.05, 3.63) is 94.2 Å². The normalized spacial score (nSPS) is 12.3. The Bertz CT molecular complexity index is 1360. The molecule has 6 nitrogen and oxygen atoms in total. The highest BCUT2D eigenvalue weighted by Gasteiger charge is 2.18. The van der Waals surface area contributed by atoms with Gasteiger partial charge in [-0.05, 0) is 48.4 Å². The Hall–Kier alpha value is -3.64. The van der Waals surface area contributed by atoms with Crippen molar-refractivity contribution in [2.24, 2.45) is 7.05 Å². The molecule has 1 unspecified atom stereocenters. The zero-order valence-electron chi connectivity index (χ0n) is 19.8. The number of nitrogens with zero attached hydrogens (tertiary/aromatic N) is 3. The van der Waals surface area contributed by atoms with Crippen molar-refractivity contribution in [1.82, 2.24) is 14.5 Å². The Labute approximate surface area is 204 Å². The number of methoxy groups -OCH3 is 1. The van der Waals surface area contributed by atoms with Crippen LogP contribution in [0.1, 0.15) is 41.1 Å². The Balaban J connectivity index is 1.69. The molecule has 0 bridgehead atoms. The molecule has 0 radical (unpaired) electrons. The molecule has 4 rings (SSSR count). The SMILES string of the molecule is COc1nc2ccc(C(C)c3cnc(C)n3C)cc2c(Cl)c1Cc1ccc(N/C=C\C=N)cc1. The number of halogens is 1. The Morgan fingerprint density at radius 2 is 1.97 bits per heavy atom. The Morgan fingerprint density at radius 3 is 2.62 bits per heavy atom. The summed E-state index contributed by atoms with van der Waals surface area (Å²) in [4.78, 5) is 9.19. The maximum Gasteiger partial charge on any atom is 0.218 e. The number of rotatable bonds is 8. The molecule has 4 aromatic rings. The molecule has 1 atom stereocenters. The summed E-state index contributed by atoms with van der Waals surface area (Å²) in [6, 6.07) is 14.3. The van der Waals surface area contributed by atoms with E-state index in [0.717, 1.165) is 44.8 Å². The number of nitrogens with one attached hydrogen (secondary N) is 2. The molecule has 2 N–H and O–H groups in total. The van der Waals surface area contributed by atoms with Crippen LogP contribution in [0.15, 0.2) is 60.9 Å². The molecule has 2 heterocycles. The number of benzene rings is 2. The molecule has 0 aliphatic heterocycles. The topological polar surface area (TPSA) is 75.8 Å². The molecule has 2 aromatic carbocycles. The predicted molar refractivity (Wildman–Crippen MR) is 140 cm³/mol. The molecule has 0 aliphatic carbocycles. The number of anilines is 1. The van der Waals surface area contributed by atoms with Crippen LogP contribution in [0.3, 0.4) is 0 Å². The van der Waals surface area contributed by atoms with Crippen LogP contribution in [0.25, 0.3) is 10.9 Å². The molecule has 2 aromatic heterocycles. The zero-order chi connectivity index (χ0) is 24.2. The quantitative estimate of drug-likeness (QED) is 0.296. The van der Waals surface area contributed by atoms with Gasteiger partial charge in [0.1, 0.15) is 5.82 Å². The predicted octanol–water partition coefficient (Wildman–Crippen LogP) is 6.26. The van der Waals surface area contributed by atoms with E-state index in [4.69, 9.17) is 26.7 Å². The van der Waals surface area contributed by atoms with E-state index < -0.39 is 0 Å². The van der Waals surface area contributed by atoms with Gasteiger partial charge in [0, 0.05) is 60.3 Å². The molecule has 0 saturated heterocycles. The van der Waals surface area contributed by atoms with Crippen molar-refractivity contribution in [3.8, 4) is 5.88 Å². The number of aryl methyl sites for hydroxylation is 1. The number of hydrogen-bond acceptors (Lipinski definition) is 5. The van der Waals surface area contributed by atoms with Gasteiger partial charge in [-0.15, -0.1) is 0 Å². The fourth-order valence-corrected chi connectivity index (χ4v) is 4.36. The van der Waals surface area contributed by atoms with Gasteiger partial charge in [-0.25, -0.2) is 9.97 Å². The van der Waals surface area contributed by atoms with Gasteiger partial charge in [-0.3, -0.25) is 0 Å². The first-order chi connectivity index (χ1) is 16.4. The number of imidazole rings is 1. The summed E-state index contributed by atoms with van der Waals surface area (Å²) in [6.07, 6.45) is 7.11. The third-order valence-electron chi connectivity index (χ3n) is 6.17. The summed E-state index contributed by atoms with van der Waals surface area (Å²) < 4.78 is 7.73. The number of hydrogen-bond donors (Lipinski definition) is 2. The molecular formula is C27H28ClN5O. The van der Waals surface area contributed by atoms with Gasteiger partial charge in [0.15, 0.2) is 0 Å². The smallest absolute Gasteiger partial charge is 0.218 e. The van der Waals surface area contributed by atoms with Gasteiger partial charge in [0.25, 0.3) is 0 Å². The van der Waals surface area contributed by atoms with Crippen LogP contribution in [-0.2, 0) is 13.5 Å². The number of allylic oxidation sites excluding steroid dienone is 1. The molecule has 174 valence electrons. The number of pyridine rings is 1. The maximum absolute atomic E-state index is 7.05. The molecule has 0 fully saturated rings. The summed E-state index contributed by atoms with van der Waals surface area (Å²) in [5, 5.41) is 11.8. The van der Waals surface area contributed by atoms with Crippen molar-refractivity contribution in [3.63, 3.8) is 0 Å². The lowest BCUT2D eigenvalue weighted by molar-refractivity contribution is 0.395.